The van der Waals surface area contributed by atoms with Crippen LogP contribution in [0.4, 0.5) is 17.1 Å². The fourth-order valence-electron chi connectivity index (χ4n) is 3.32. The maximum absolute atomic E-state index is 13.1. The van der Waals surface area contributed by atoms with Crippen molar-refractivity contribution >= 4 is 61.8 Å². The lowest BCUT2D eigenvalue weighted by atomic mass is 10.0. The fourth-order valence-corrected chi connectivity index (χ4v) is 6.14. The van der Waals surface area contributed by atoms with Crippen LogP contribution in [0.5, 0.6) is 0 Å². The highest BCUT2D eigenvalue weighted by atomic mass is 35.5. The second-order valence-corrected chi connectivity index (χ2v) is 10.3. The number of para-hydroxylation sites is 1. The van der Waals surface area contributed by atoms with E-state index in [1.54, 1.807) is 60.0 Å². The van der Waals surface area contributed by atoms with Crippen LogP contribution < -0.4 is 14.9 Å². The van der Waals surface area contributed by atoms with Crippen LogP contribution in [-0.2, 0) is 26.0 Å². The third-order valence-corrected chi connectivity index (χ3v) is 8.30. The summed E-state index contributed by atoms with van der Waals surface area (Å²) in [5.74, 6) is -1.77. The Labute approximate surface area is 188 Å². The minimum atomic E-state index is -3.69. The lowest BCUT2D eigenvalue weighted by Crippen LogP contribution is -2.35. The second kappa shape index (κ2) is 8.70. The zero-order valence-corrected chi connectivity index (χ0v) is 18.6. The molecule has 160 valence electrons. The van der Waals surface area contributed by atoms with Crippen molar-refractivity contribution in [3.05, 3.63) is 70.6 Å². The van der Waals surface area contributed by atoms with Crippen molar-refractivity contribution in [2.45, 2.75) is 17.1 Å². The number of rotatable bonds is 4. The minimum Gasteiger partial charge on any atom is -0.318 e. The average molecular weight is 476 g/mol. The van der Waals surface area contributed by atoms with Crippen molar-refractivity contribution in [1.82, 2.24) is 0 Å². The van der Waals surface area contributed by atoms with Crippen molar-refractivity contribution < 1.29 is 18.0 Å². The number of anilines is 3. The maximum atomic E-state index is 13.1. The van der Waals surface area contributed by atoms with Crippen LogP contribution in [-0.4, -0.2) is 26.8 Å². The van der Waals surface area contributed by atoms with Gasteiger partial charge in [0, 0.05) is 12.2 Å². The number of hydrogen-bond acceptors (Lipinski definition) is 5. The van der Waals surface area contributed by atoms with Gasteiger partial charge in [-0.3, -0.25) is 13.9 Å². The Kier molecular flexibility index (Phi) is 5.99. The molecule has 0 saturated heterocycles. The SMILES string of the molecule is O=C(Nc1ccc2c(c1)N(S(=O)(=O)c1cccs1)CCC2)C(=O)Nc1ccccc1Cl. The minimum absolute atomic E-state index is 0.258. The molecular weight excluding hydrogens is 458 g/mol. The number of halogens is 1. The third kappa shape index (κ3) is 4.43. The van der Waals surface area contributed by atoms with E-state index in [0.29, 0.717) is 35.1 Å². The molecule has 0 fully saturated rings. The number of nitrogens with zero attached hydrogens (tertiary/aromatic N) is 1. The van der Waals surface area contributed by atoms with Crippen molar-refractivity contribution in [2.24, 2.45) is 0 Å². The quantitative estimate of drug-likeness (QED) is 0.555. The molecule has 3 aromatic rings. The zero-order valence-electron chi connectivity index (χ0n) is 16.2. The molecule has 0 atom stereocenters. The molecule has 4 rings (SSSR count). The van der Waals surface area contributed by atoms with E-state index in [1.807, 2.05) is 0 Å². The molecule has 10 heteroatoms. The molecule has 1 aromatic heterocycles. The Morgan fingerprint density at radius 3 is 2.52 bits per heavy atom. The molecule has 0 radical (unpaired) electrons. The van der Waals surface area contributed by atoms with Crippen LogP contribution in [0.1, 0.15) is 12.0 Å². The van der Waals surface area contributed by atoms with E-state index >= 15 is 0 Å². The molecule has 2 heterocycles. The first-order valence-electron chi connectivity index (χ1n) is 9.42. The molecule has 0 aliphatic carbocycles. The fraction of sp³-hybridized carbons (Fsp3) is 0.143. The van der Waals surface area contributed by atoms with Gasteiger partial charge in [-0.2, -0.15) is 0 Å². The predicted molar refractivity (Wildman–Crippen MR) is 122 cm³/mol. The Balaban J connectivity index is 1.55. The number of amides is 2. The topological polar surface area (TPSA) is 95.6 Å². The van der Waals surface area contributed by atoms with Gasteiger partial charge in [0.1, 0.15) is 4.21 Å². The standard InChI is InChI=1S/C21H18ClN3O4S2/c22-16-6-1-2-7-17(16)24-21(27)20(26)23-15-10-9-14-5-3-11-25(18(14)13-15)31(28,29)19-8-4-12-30-19/h1-2,4,6-10,12-13H,3,5,11H2,(H,23,26)(H,24,27). The molecule has 2 amide bonds. The number of carbonyl (C=O) groups is 2. The highest BCUT2D eigenvalue weighted by molar-refractivity contribution is 7.94. The zero-order chi connectivity index (χ0) is 22.0. The molecule has 31 heavy (non-hydrogen) atoms. The van der Waals surface area contributed by atoms with E-state index < -0.39 is 21.8 Å². The molecule has 0 spiro atoms. The maximum Gasteiger partial charge on any atom is 0.314 e. The molecule has 0 bridgehead atoms. The van der Waals surface area contributed by atoms with E-state index in [4.69, 9.17) is 11.6 Å². The Morgan fingerprint density at radius 1 is 1.00 bits per heavy atom. The molecule has 0 unspecified atom stereocenters. The van der Waals surface area contributed by atoms with E-state index in [0.717, 1.165) is 23.3 Å². The number of fused-ring (bicyclic) bond motifs is 1. The van der Waals surface area contributed by atoms with Crippen LogP contribution in [0.25, 0.3) is 0 Å². The van der Waals surface area contributed by atoms with Gasteiger partial charge in [0.2, 0.25) is 0 Å². The number of carbonyl (C=O) groups excluding carboxylic acids is 2. The van der Waals surface area contributed by atoms with Gasteiger partial charge in [-0.25, -0.2) is 8.42 Å². The first kappa shape index (κ1) is 21.4. The highest BCUT2D eigenvalue weighted by Crippen LogP contribution is 2.35. The number of benzene rings is 2. The van der Waals surface area contributed by atoms with Crippen molar-refractivity contribution in [3.63, 3.8) is 0 Å². The van der Waals surface area contributed by atoms with E-state index in [1.165, 1.54) is 4.31 Å². The molecular formula is C21H18ClN3O4S2. The summed E-state index contributed by atoms with van der Waals surface area (Å²) in [5, 5.41) is 7.01. The summed E-state index contributed by atoms with van der Waals surface area (Å²) in [4.78, 5) is 24.6. The summed E-state index contributed by atoms with van der Waals surface area (Å²) in [5.41, 5.74) is 2.02. The summed E-state index contributed by atoms with van der Waals surface area (Å²) in [7, 11) is -3.69. The van der Waals surface area contributed by atoms with E-state index in [2.05, 4.69) is 10.6 Å². The smallest absolute Gasteiger partial charge is 0.314 e. The largest absolute Gasteiger partial charge is 0.318 e. The van der Waals surface area contributed by atoms with Crippen molar-refractivity contribution in [3.8, 4) is 0 Å². The molecule has 0 saturated carbocycles. The van der Waals surface area contributed by atoms with Crippen molar-refractivity contribution in [1.29, 1.82) is 0 Å². The predicted octanol–water partition coefficient (Wildman–Crippen LogP) is 4.12. The van der Waals surface area contributed by atoms with Crippen LogP contribution in [0.3, 0.4) is 0 Å². The van der Waals surface area contributed by atoms with Crippen LogP contribution >= 0.6 is 22.9 Å². The Bertz CT molecular complexity index is 1240. The number of aryl methyl sites for hydroxylation is 1. The number of thiophene rings is 1. The molecule has 7 nitrogen and oxygen atoms in total. The normalized spacial score (nSPS) is 13.4. The Hall–Kier alpha value is -2.88. The molecule has 2 N–H and O–H groups in total. The number of sulfonamides is 1. The van der Waals surface area contributed by atoms with Gasteiger partial charge < -0.3 is 10.6 Å². The van der Waals surface area contributed by atoms with E-state index in [-0.39, 0.29) is 4.21 Å². The molecule has 1 aliphatic rings. The monoisotopic (exact) mass is 475 g/mol. The number of nitrogens with one attached hydrogen (secondary N) is 2. The van der Waals surface area contributed by atoms with Gasteiger partial charge in [0.05, 0.1) is 16.4 Å². The molecule has 2 aromatic carbocycles. The first-order chi connectivity index (χ1) is 14.9. The van der Waals surface area contributed by atoms with Gasteiger partial charge in [0.25, 0.3) is 10.0 Å². The van der Waals surface area contributed by atoms with Gasteiger partial charge >= 0.3 is 11.8 Å². The third-order valence-electron chi connectivity index (χ3n) is 4.79. The second-order valence-electron chi connectivity index (χ2n) is 6.84. The summed E-state index contributed by atoms with van der Waals surface area (Å²) < 4.78 is 27.7. The van der Waals surface area contributed by atoms with E-state index in [9.17, 15) is 18.0 Å². The van der Waals surface area contributed by atoms with Gasteiger partial charge in [0.15, 0.2) is 0 Å². The van der Waals surface area contributed by atoms with Gasteiger partial charge in [-0.1, -0.05) is 35.9 Å². The lowest BCUT2D eigenvalue weighted by Gasteiger charge is -2.30. The van der Waals surface area contributed by atoms with Gasteiger partial charge in [-0.15, -0.1) is 11.3 Å². The average Bonchev–Trinajstić information content (AvgIpc) is 3.30. The van der Waals surface area contributed by atoms with Crippen LogP contribution in [0.15, 0.2) is 64.2 Å². The first-order valence-corrected chi connectivity index (χ1v) is 12.1. The summed E-state index contributed by atoms with van der Waals surface area (Å²) >= 11 is 7.16. The van der Waals surface area contributed by atoms with Gasteiger partial charge in [-0.05, 0) is 54.1 Å². The number of hydrogen-bond donors (Lipinski definition) is 2. The summed E-state index contributed by atoms with van der Waals surface area (Å²) in [6.45, 7) is 0.345. The summed E-state index contributed by atoms with van der Waals surface area (Å²) in [6.07, 6.45) is 1.43. The van der Waals surface area contributed by atoms with Crippen LogP contribution in [0.2, 0.25) is 5.02 Å². The Morgan fingerprint density at radius 2 is 1.77 bits per heavy atom. The summed E-state index contributed by atoms with van der Waals surface area (Å²) in [6, 6.07) is 14.8. The van der Waals surface area contributed by atoms with Crippen molar-refractivity contribution in [2.75, 3.05) is 21.5 Å². The van der Waals surface area contributed by atoms with Crippen LogP contribution in [0, 0.1) is 0 Å². The lowest BCUT2D eigenvalue weighted by molar-refractivity contribution is -0.132. The highest BCUT2D eigenvalue weighted by Gasteiger charge is 2.30. The molecule has 1 aliphatic heterocycles.